The first-order valence-electron chi connectivity index (χ1n) is 12.8. The summed E-state index contributed by atoms with van der Waals surface area (Å²) in [6.45, 7) is 4.57. The van der Waals surface area contributed by atoms with Gasteiger partial charge >= 0.3 is 0 Å². The van der Waals surface area contributed by atoms with E-state index in [1.807, 2.05) is 29.2 Å². The quantitative estimate of drug-likeness (QED) is 0.157. The van der Waals surface area contributed by atoms with Crippen molar-refractivity contribution in [2.45, 2.75) is 32.6 Å². The minimum Gasteiger partial charge on any atom is -0.392 e. The number of hydrogen-bond donors (Lipinski definition) is 4. The van der Waals surface area contributed by atoms with Gasteiger partial charge in [0.25, 0.3) is 11.8 Å². The lowest BCUT2D eigenvalue weighted by Crippen LogP contribution is -2.35. The van der Waals surface area contributed by atoms with Crippen molar-refractivity contribution in [2.24, 2.45) is 5.10 Å². The van der Waals surface area contributed by atoms with Crippen LogP contribution < -0.4 is 10.7 Å². The van der Waals surface area contributed by atoms with E-state index in [2.05, 4.69) is 15.8 Å². The van der Waals surface area contributed by atoms with E-state index in [4.69, 9.17) is 0 Å². The molecule has 4 N–H and O–H groups in total. The second-order valence-electron chi connectivity index (χ2n) is 9.60. The largest absolute Gasteiger partial charge is 0.392 e. The molecule has 0 aliphatic carbocycles. The van der Waals surface area contributed by atoms with Crippen LogP contribution in [0.15, 0.2) is 77.9 Å². The molecule has 208 valence electrons. The number of aliphatic hydroxyl groups is 2. The van der Waals surface area contributed by atoms with Crippen molar-refractivity contribution < 1.29 is 24.2 Å². The number of carbonyl (C=O) groups is 2. The zero-order chi connectivity index (χ0) is 28.6. The number of aliphatic hydroxyl groups excluding tert-OH is 2. The maximum absolute atomic E-state index is 13.4. The number of rotatable bonds is 11. The van der Waals surface area contributed by atoms with Crippen LogP contribution in [0.4, 0.5) is 9.39 Å². The Morgan fingerprint density at radius 1 is 0.975 bits per heavy atom. The molecule has 4 rings (SSSR count). The third kappa shape index (κ3) is 7.80. The number of benzene rings is 3. The van der Waals surface area contributed by atoms with E-state index in [-0.39, 0.29) is 11.5 Å². The fraction of sp³-hybridized carbons (Fsp3) is 0.233. The summed E-state index contributed by atoms with van der Waals surface area (Å²) < 4.78 is 14.3. The Hall–Kier alpha value is -3.96. The van der Waals surface area contributed by atoms with Gasteiger partial charge in [-0.05, 0) is 55.3 Å². The maximum Gasteiger partial charge on any atom is 0.275 e. The molecule has 8 nitrogen and oxygen atoms in total. The molecule has 0 saturated heterocycles. The number of hydrazone groups is 1. The Balaban J connectivity index is 1.54. The van der Waals surface area contributed by atoms with Crippen LogP contribution in [0, 0.1) is 5.82 Å². The van der Waals surface area contributed by atoms with E-state index < -0.39 is 23.9 Å². The number of nitrogens with zero attached hydrogens (tertiary/aromatic N) is 2. The molecule has 10 heteroatoms. The number of amides is 2. The Kier molecular flexibility index (Phi) is 9.73. The molecule has 0 aliphatic heterocycles. The van der Waals surface area contributed by atoms with Gasteiger partial charge in [0.2, 0.25) is 0 Å². The Labute approximate surface area is 235 Å². The summed E-state index contributed by atoms with van der Waals surface area (Å²) in [7, 11) is 0. The van der Waals surface area contributed by atoms with E-state index >= 15 is 0 Å². The van der Waals surface area contributed by atoms with Gasteiger partial charge in [-0.15, -0.1) is 11.3 Å². The average molecular weight is 563 g/mol. The van der Waals surface area contributed by atoms with E-state index in [0.717, 1.165) is 10.3 Å². The molecule has 0 aliphatic rings. The molecule has 0 spiro atoms. The van der Waals surface area contributed by atoms with Crippen molar-refractivity contribution in [3.63, 3.8) is 0 Å². The number of anilines is 1. The molecule has 3 aromatic carbocycles. The fourth-order valence-corrected chi connectivity index (χ4v) is 5.46. The average Bonchev–Trinajstić information content (AvgIpc) is 3.26. The number of hydrogen-bond acceptors (Lipinski definition) is 7. The summed E-state index contributed by atoms with van der Waals surface area (Å²) in [5.41, 5.74) is 4.49. The lowest BCUT2D eigenvalue weighted by molar-refractivity contribution is 0.0793. The SMILES string of the molecule is CC(O)CN(Cc1cccc(C(=O)Nc2sc3ccccc3c2C(=O)NN=Cc2cccc(F)c2)c1)CC(C)O. The first kappa shape index (κ1) is 29.0. The van der Waals surface area contributed by atoms with Gasteiger partial charge in [0.15, 0.2) is 0 Å². The molecular weight excluding hydrogens is 531 g/mol. The van der Waals surface area contributed by atoms with Gasteiger partial charge in [0.05, 0.1) is 24.0 Å². The van der Waals surface area contributed by atoms with Crippen molar-refractivity contribution in [3.05, 3.63) is 101 Å². The van der Waals surface area contributed by atoms with Gasteiger partial charge < -0.3 is 15.5 Å². The van der Waals surface area contributed by atoms with Crippen molar-refractivity contribution >= 4 is 44.5 Å². The minimum atomic E-state index is -0.569. The summed E-state index contributed by atoms with van der Waals surface area (Å²) in [6.07, 6.45) is 0.208. The predicted molar refractivity (Wildman–Crippen MR) is 156 cm³/mol. The van der Waals surface area contributed by atoms with E-state index in [0.29, 0.717) is 41.1 Å². The van der Waals surface area contributed by atoms with Crippen LogP contribution in [0.1, 0.15) is 45.7 Å². The number of fused-ring (bicyclic) bond motifs is 1. The van der Waals surface area contributed by atoms with Crippen LogP contribution in [0.5, 0.6) is 0 Å². The molecule has 0 fully saturated rings. The first-order chi connectivity index (χ1) is 19.2. The van der Waals surface area contributed by atoms with E-state index in [9.17, 15) is 24.2 Å². The summed E-state index contributed by atoms with van der Waals surface area (Å²) in [5, 5.41) is 27.6. The molecule has 1 heterocycles. The molecule has 1 aromatic heterocycles. The second-order valence-corrected chi connectivity index (χ2v) is 10.7. The normalized spacial score (nSPS) is 13.1. The minimum absolute atomic E-state index is 0.279. The van der Waals surface area contributed by atoms with Gasteiger partial charge in [-0.1, -0.05) is 42.5 Å². The maximum atomic E-state index is 13.4. The third-order valence-corrected chi connectivity index (χ3v) is 7.00. The topological polar surface area (TPSA) is 114 Å². The number of nitrogens with one attached hydrogen (secondary N) is 2. The lowest BCUT2D eigenvalue weighted by atomic mass is 10.1. The highest BCUT2D eigenvalue weighted by molar-refractivity contribution is 7.23. The summed E-state index contributed by atoms with van der Waals surface area (Å²) in [4.78, 5) is 28.4. The number of thiophene rings is 1. The summed E-state index contributed by atoms with van der Waals surface area (Å²) >= 11 is 1.28. The molecule has 2 unspecified atom stereocenters. The van der Waals surface area contributed by atoms with Gasteiger partial charge in [-0.3, -0.25) is 14.5 Å². The van der Waals surface area contributed by atoms with E-state index in [1.165, 1.54) is 29.7 Å². The highest BCUT2D eigenvalue weighted by atomic mass is 32.1. The van der Waals surface area contributed by atoms with Crippen LogP contribution in [-0.2, 0) is 6.54 Å². The highest BCUT2D eigenvalue weighted by Gasteiger charge is 2.21. The van der Waals surface area contributed by atoms with Gasteiger partial charge in [-0.25, -0.2) is 9.82 Å². The Morgan fingerprint density at radius 2 is 1.70 bits per heavy atom. The van der Waals surface area contributed by atoms with Gasteiger partial charge in [-0.2, -0.15) is 5.10 Å². The first-order valence-corrected chi connectivity index (χ1v) is 13.6. The number of carbonyl (C=O) groups excluding carboxylic acids is 2. The van der Waals surface area contributed by atoms with Gasteiger partial charge in [0.1, 0.15) is 10.8 Å². The zero-order valence-corrected chi connectivity index (χ0v) is 23.0. The number of halogens is 1. The van der Waals surface area contributed by atoms with Crippen LogP contribution in [0.3, 0.4) is 0 Å². The standard InChI is InChI=1S/C30H31FN4O4S/c1-19(36)16-35(17-20(2)37)18-22-8-5-9-23(13-22)28(38)33-30-27(25-11-3-4-12-26(25)40-30)29(39)34-32-15-21-7-6-10-24(31)14-21/h3-15,19-20,36-37H,16-18H2,1-2H3,(H,33,38)(H,34,39). The summed E-state index contributed by atoms with van der Waals surface area (Å²) in [5.74, 6) is -1.31. The van der Waals surface area contributed by atoms with Crippen LogP contribution >= 0.6 is 11.3 Å². The van der Waals surface area contributed by atoms with Gasteiger partial charge in [0, 0.05) is 35.3 Å². The van der Waals surface area contributed by atoms with Crippen LogP contribution in [0.2, 0.25) is 0 Å². The molecule has 4 aromatic rings. The Bertz CT molecular complexity index is 1510. The van der Waals surface area contributed by atoms with Crippen molar-refractivity contribution in [2.75, 3.05) is 18.4 Å². The zero-order valence-electron chi connectivity index (χ0n) is 22.2. The molecule has 2 amide bonds. The molecule has 0 bridgehead atoms. The molecule has 2 atom stereocenters. The van der Waals surface area contributed by atoms with Crippen LogP contribution in [-0.4, -0.2) is 58.4 Å². The third-order valence-electron chi connectivity index (χ3n) is 5.92. The Morgan fingerprint density at radius 3 is 2.42 bits per heavy atom. The highest BCUT2D eigenvalue weighted by Crippen LogP contribution is 2.36. The monoisotopic (exact) mass is 562 g/mol. The van der Waals surface area contributed by atoms with Crippen LogP contribution in [0.25, 0.3) is 10.1 Å². The lowest BCUT2D eigenvalue weighted by Gasteiger charge is -2.25. The van der Waals surface area contributed by atoms with Crippen molar-refractivity contribution in [1.82, 2.24) is 10.3 Å². The molecule has 40 heavy (non-hydrogen) atoms. The molecule has 0 radical (unpaired) electrons. The molecule has 0 saturated carbocycles. The predicted octanol–water partition coefficient (Wildman–Crippen LogP) is 4.62. The fourth-order valence-electron chi connectivity index (χ4n) is 4.36. The van der Waals surface area contributed by atoms with E-state index in [1.54, 1.807) is 50.2 Å². The second kappa shape index (κ2) is 13.4. The van der Waals surface area contributed by atoms with Crippen molar-refractivity contribution in [3.8, 4) is 0 Å². The summed E-state index contributed by atoms with van der Waals surface area (Å²) in [6, 6.07) is 20.2. The van der Waals surface area contributed by atoms with Crippen molar-refractivity contribution in [1.29, 1.82) is 0 Å². The molecular formula is C30H31FN4O4S. The smallest absolute Gasteiger partial charge is 0.275 e.